The minimum Gasteiger partial charge on any atom is -0.349 e. The number of aromatic amines is 1. The van der Waals surface area contributed by atoms with Gasteiger partial charge in [-0.25, -0.2) is 4.98 Å². The molecule has 4 saturated carbocycles. The maximum atomic E-state index is 12.9. The molecule has 1 heterocycles. The molecule has 4 fully saturated rings. The van der Waals surface area contributed by atoms with Crippen molar-refractivity contribution < 1.29 is 9.59 Å². The number of amides is 2. The average Bonchev–Trinajstić information content (AvgIpc) is 3.34. The van der Waals surface area contributed by atoms with E-state index in [0.29, 0.717) is 23.1 Å². The summed E-state index contributed by atoms with van der Waals surface area (Å²) in [5.41, 5.74) is 3.91. The van der Waals surface area contributed by atoms with Crippen LogP contribution in [0.1, 0.15) is 85.4 Å². The van der Waals surface area contributed by atoms with Crippen molar-refractivity contribution in [3.63, 3.8) is 0 Å². The number of nitrogens with one attached hydrogen (secondary N) is 3. The molecule has 1 unspecified atom stereocenters. The third-order valence-corrected chi connectivity index (χ3v) is 8.88. The Balaban J connectivity index is 1.12. The SMILES string of the molecule is CC1CCC(NC(=O)c2ccc3[nH]c(-c4ccc(C(=O)NC5CC6CCC5CC6)cc4)nc3c2)CC1. The van der Waals surface area contributed by atoms with Crippen LogP contribution in [-0.4, -0.2) is 33.9 Å². The molecule has 3 N–H and O–H groups in total. The molecule has 3 aromatic rings. The van der Waals surface area contributed by atoms with Crippen molar-refractivity contribution in [3.05, 3.63) is 53.6 Å². The summed E-state index contributed by atoms with van der Waals surface area (Å²) in [6, 6.07) is 13.9. The van der Waals surface area contributed by atoms with Crippen LogP contribution in [0.4, 0.5) is 0 Å². The Labute approximate surface area is 212 Å². The highest BCUT2D eigenvalue weighted by molar-refractivity contribution is 5.98. The van der Waals surface area contributed by atoms with Gasteiger partial charge in [-0.05, 0) is 93.0 Å². The third-order valence-electron chi connectivity index (χ3n) is 8.88. The molecular weight excluding hydrogens is 448 g/mol. The molecule has 4 aliphatic carbocycles. The van der Waals surface area contributed by atoms with E-state index in [9.17, 15) is 9.59 Å². The summed E-state index contributed by atoms with van der Waals surface area (Å²) >= 11 is 0. The zero-order valence-electron chi connectivity index (χ0n) is 21.1. The van der Waals surface area contributed by atoms with Crippen molar-refractivity contribution in [1.82, 2.24) is 20.6 Å². The lowest BCUT2D eigenvalue weighted by Crippen LogP contribution is -2.47. The molecule has 7 rings (SSSR count). The molecule has 0 aliphatic heterocycles. The first-order chi connectivity index (χ1) is 17.5. The summed E-state index contributed by atoms with van der Waals surface area (Å²) in [5, 5.41) is 6.49. The van der Waals surface area contributed by atoms with Gasteiger partial charge in [0.1, 0.15) is 5.82 Å². The van der Waals surface area contributed by atoms with Gasteiger partial charge in [-0.1, -0.05) is 31.9 Å². The second-order valence-corrected chi connectivity index (χ2v) is 11.4. The van der Waals surface area contributed by atoms with Crippen LogP contribution < -0.4 is 10.6 Å². The van der Waals surface area contributed by atoms with Gasteiger partial charge in [0.25, 0.3) is 11.8 Å². The van der Waals surface area contributed by atoms with Crippen molar-refractivity contribution >= 4 is 22.8 Å². The van der Waals surface area contributed by atoms with E-state index in [1.807, 2.05) is 42.5 Å². The minimum atomic E-state index is -0.0254. The van der Waals surface area contributed by atoms with E-state index in [-0.39, 0.29) is 17.9 Å². The van der Waals surface area contributed by atoms with E-state index in [4.69, 9.17) is 4.98 Å². The fourth-order valence-corrected chi connectivity index (χ4v) is 6.54. The van der Waals surface area contributed by atoms with Gasteiger partial charge >= 0.3 is 0 Å². The number of H-pyrrole nitrogens is 1. The van der Waals surface area contributed by atoms with Crippen LogP contribution in [-0.2, 0) is 0 Å². The number of hydrogen-bond acceptors (Lipinski definition) is 3. The molecular formula is C30H36N4O2. The number of nitrogens with zero attached hydrogens (tertiary/aromatic N) is 1. The highest BCUT2D eigenvalue weighted by Crippen LogP contribution is 2.41. The number of fused-ring (bicyclic) bond motifs is 4. The fourth-order valence-electron chi connectivity index (χ4n) is 6.54. The van der Waals surface area contributed by atoms with E-state index in [2.05, 4.69) is 22.5 Å². The Morgan fingerprint density at radius 3 is 2.22 bits per heavy atom. The Bertz CT molecular complexity index is 1250. The predicted molar refractivity (Wildman–Crippen MR) is 142 cm³/mol. The van der Waals surface area contributed by atoms with Crippen molar-refractivity contribution in [2.24, 2.45) is 17.8 Å². The molecule has 188 valence electrons. The molecule has 2 aromatic carbocycles. The highest BCUT2D eigenvalue weighted by Gasteiger charge is 2.36. The van der Waals surface area contributed by atoms with Crippen molar-refractivity contribution in [1.29, 1.82) is 0 Å². The van der Waals surface area contributed by atoms with Gasteiger partial charge in [0, 0.05) is 28.8 Å². The molecule has 0 radical (unpaired) electrons. The maximum Gasteiger partial charge on any atom is 0.251 e. The molecule has 6 nitrogen and oxygen atoms in total. The van der Waals surface area contributed by atoms with Crippen molar-refractivity contribution in [2.75, 3.05) is 0 Å². The first kappa shape index (κ1) is 23.3. The Morgan fingerprint density at radius 2 is 1.53 bits per heavy atom. The summed E-state index contributed by atoms with van der Waals surface area (Å²) in [7, 11) is 0. The standard InChI is InChI=1S/C30H36N4O2/c1-18-2-13-24(14-3-18)31-30(36)23-12-15-25-27(17-23)33-28(32-25)21-8-10-22(11-9-21)29(35)34-26-16-19-4-6-20(26)7-5-19/h8-12,15,17-20,24,26H,2-7,13-14,16H2,1H3,(H,31,36)(H,32,33)(H,34,35). The third kappa shape index (κ3) is 4.78. The molecule has 1 atom stereocenters. The van der Waals surface area contributed by atoms with E-state index in [1.54, 1.807) is 0 Å². The van der Waals surface area contributed by atoms with E-state index >= 15 is 0 Å². The zero-order valence-corrected chi connectivity index (χ0v) is 21.1. The summed E-state index contributed by atoms with van der Waals surface area (Å²) in [6.45, 7) is 2.28. The summed E-state index contributed by atoms with van der Waals surface area (Å²) in [4.78, 5) is 33.8. The number of hydrogen-bond donors (Lipinski definition) is 3. The summed E-state index contributed by atoms with van der Waals surface area (Å²) in [6.07, 6.45) is 10.8. The van der Waals surface area contributed by atoms with Gasteiger partial charge in [0.2, 0.25) is 0 Å². The average molecular weight is 485 g/mol. The van der Waals surface area contributed by atoms with Gasteiger partial charge < -0.3 is 15.6 Å². The number of benzene rings is 2. The Morgan fingerprint density at radius 1 is 0.833 bits per heavy atom. The molecule has 0 spiro atoms. The molecule has 2 amide bonds. The van der Waals surface area contributed by atoms with Crippen LogP contribution in [0.15, 0.2) is 42.5 Å². The highest BCUT2D eigenvalue weighted by atomic mass is 16.2. The number of carbonyl (C=O) groups is 2. The van der Waals surface area contributed by atoms with Crippen LogP contribution in [0.25, 0.3) is 22.4 Å². The second-order valence-electron chi connectivity index (χ2n) is 11.4. The number of rotatable bonds is 5. The van der Waals surface area contributed by atoms with Gasteiger partial charge in [0.15, 0.2) is 0 Å². The molecule has 4 aliphatic rings. The summed E-state index contributed by atoms with van der Waals surface area (Å²) < 4.78 is 0. The maximum absolute atomic E-state index is 12.9. The zero-order chi connectivity index (χ0) is 24.6. The topological polar surface area (TPSA) is 86.9 Å². The van der Waals surface area contributed by atoms with E-state index < -0.39 is 0 Å². The first-order valence-electron chi connectivity index (χ1n) is 13.7. The lowest BCUT2D eigenvalue weighted by atomic mass is 9.68. The number of carbonyl (C=O) groups excluding carboxylic acids is 2. The van der Waals surface area contributed by atoms with E-state index in [0.717, 1.165) is 53.5 Å². The molecule has 2 bridgehead atoms. The lowest BCUT2D eigenvalue weighted by molar-refractivity contribution is 0.0810. The van der Waals surface area contributed by atoms with Crippen LogP contribution in [0, 0.1) is 17.8 Å². The fraction of sp³-hybridized carbons (Fsp3) is 0.500. The Hall–Kier alpha value is -3.15. The van der Waals surface area contributed by atoms with E-state index in [1.165, 1.54) is 38.5 Å². The second kappa shape index (κ2) is 9.72. The van der Waals surface area contributed by atoms with Crippen LogP contribution >= 0.6 is 0 Å². The normalized spacial score (nSPS) is 27.6. The lowest BCUT2D eigenvalue weighted by Gasteiger charge is -2.42. The van der Waals surface area contributed by atoms with Gasteiger partial charge in [-0.3, -0.25) is 9.59 Å². The molecule has 0 saturated heterocycles. The Kier molecular flexibility index (Phi) is 6.28. The quantitative estimate of drug-likeness (QED) is 0.425. The first-order valence-corrected chi connectivity index (χ1v) is 13.7. The number of imidazole rings is 1. The van der Waals surface area contributed by atoms with Crippen molar-refractivity contribution in [3.8, 4) is 11.4 Å². The predicted octanol–water partition coefficient (Wildman–Crippen LogP) is 5.85. The van der Waals surface area contributed by atoms with Gasteiger partial charge in [-0.15, -0.1) is 0 Å². The van der Waals surface area contributed by atoms with Crippen LogP contribution in [0.5, 0.6) is 0 Å². The molecule has 1 aromatic heterocycles. The summed E-state index contributed by atoms with van der Waals surface area (Å²) in [5.74, 6) is 2.92. The van der Waals surface area contributed by atoms with Gasteiger partial charge in [-0.2, -0.15) is 0 Å². The van der Waals surface area contributed by atoms with Gasteiger partial charge in [0.05, 0.1) is 11.0 Å². The largest absolute Gasteiger partial charge is 0.349 e. The van der Waals surface area contributed by atoms with Crippen LogP contribution in [0.2, 0.25) is 0 Å². The van der Waals surface area contributed by atoms with Crippen LogP contribution in [0.3, 0.4) is 0 Å². The smallest absolute Gasteiger partial charge is 0.251 e. The monoisotopic (exact) mass is 484 g/mol. The number of aromatic nitrogens is 2. The van der Waals surface area contributed by atoms with Crippen molar-refractivity contribution in [2.45, 2.75) is 76.8 Å². The molecule has 36 heavy (non-hydrogen) atoms. The minimum absolute atomic E-state index is 0.0202. The molecule has 6 heteroatoms.